The Balaban J connectivity index is 1.80. The van der Waals surface area contributed by atoms with Crippen molar-refractivity contribution >= 4 is 85.5 Å². The van der Waals surface area contributed by atoms with E-state index < -0.39 is 0 Å². The Morgan fingerprint density at radius 2 is 1.75 bits per heavy atom. The van der Waals surface area contributed by atoms with Crippen molar-refractivity contribution in [2.45, 2.75) is 0 Å². The number of terminal acetylenes is 1. The Hall–Kier alpha value is -2.29. The van der Waals surface area contributed by atoms with Crippen molar-refractivity contribution in [3.8, 4) is 18.1 Å². The highest BCUT2D eigenvalue weighted by Crippen LogP contribution is 2.39. The molecule has 0 radical (unpaired) electrons. The SMILES string of the molecule is C#CCOc1c(I)cc(I)cc1/C=C1\SC(=Nc2ccccc2)N(c2ccccc2)C1=O. The summed E-state index contributed by atoms with van der Waals surface area (Å²) in [7, 11) is 0. The van der Waals surface area contributed by atoms with Crippen molar-refractivity contribution in [3.05, 3.63) is 90.4 Å². The first-order chi connectivity index (χ1) is 15.6. The van der Waals surface area contributed by atoms with Crippen molar-refractivity contribution < 1.29 is 9.53 Å². The number of anilines is 1. The van der Waals surface area contributed by atoms with Gasteiger partial charge in [-0.2, -0.15) is 0 Å². The summed E-state index contributed by atoms with van der Waals surface area (Å²) in [6.45, 7) is 0.157. The van der Waals surface area contributed by atoms with E-state index in [-0.39, 0.29) is 12.5 Å². The van der Waals surface area contributed by atoms with Gasteiger partial charge in [-0.3, -0.25) is 9.69 Å². The number of rotatable bonds is 5. The van der Waals surface area contributed by atoms with Crippen LogP contribution in [0.1, 0.15) is 5.56 Å². The van der Waals surface area contributed by atoms with Crippen molar-refractivity contribution in [3.63, 3.8) is 0 Å². The Morgan fingerprint density at radius 3 is 2.44 bits per heavy atom. The molecule has 0 N–H and O–H groups in total. The van der Waals surface area contributed by atoms with Crippen molar-refractivity contribution in [1.29, 1.82) is 0 Å². The molecular formula is C25H16I2N2O2S. The van der Waals surface area contributed by atoms with E-state index in [4.69, 9.17) is 16.2 Å². The number of hydrogen-bond donors (Lipinski definition) is 0. The van der Waals surface area contributed by atoms with Crippen LogP contribution in [-0.2, 0) is 4.79 Å². The number of hydrogen-bond acceptors (Lipinski definition) is 4. The van der Waals surface area contributed by atoms with Crippen LogP contribution in [0.25, 0.3) is 6.08 Å². The summed E-state index contributed by atoms with van der Waals surface area (Å²) in [5, 5.41) is 0.602. The lowest BCUT2D eigenvalue weighted by molar-refractivity contribution is -0.113. The molecule has 4 nitrogen and oxygen atoms in total. The average molecular weight is 662 g/mol. The molecule has 0 aromatic heterocycles. The van der Waals surface area contributed by atoms with Crippen LogP contribution in [0, 0.1) is 19.5 Å². The average Bonchev–Trinajstić information content (AvgIpc) is 3.09. The molecule has 3 aromatic rings. The summed E-state index contributed by atoms with van der Waals surface area (Å²) in [6, 6.07) is 23.1. The summed E-state index contributed by atoms with van der Waals surface area (Å²) in [5.41, 5.74) is 2.36. The molecule has 0 aliphatic carbocycles. The normalized spacial score (nSPS) is 15.9. The number of halogens is 2. The second-order valence-electron chi connectivity index (χ2n) is 6.62. The second kappa shape index (κ2) is 10.6. The van der Waals surface area contributed by atoms with Gasteiger partial charge in [0.1, 0.15) is 12.4 Å². The predicted octanol–water partition coefficient (Wildman–Crippen LogP) is 6.72. The first kappa shape index (κ1) is 22.9. The molecule has 0 unspecified atom stereocenters. The van der Waals surface area contributed by atoms with E-state index in [9.17, 15) is 4.79 Å². The van der Waals surface area contributed by atoms with Crippen LogP contribution in [0.5, 0.6) is 5.75 Å². The Labute approximate surface area is 218 Å². The number of ether oxygens (including phenoxy) is 1. The molecule has 1 aliphatic heterocycles. The highest BCUT2D eigenvalue weighted by molar-refractivity contribution is 14.1. The molecular weight excluding hydrogens is 646 g/mol. The number of para-hydroxylation sites is 2. The number of amides is 1. The third kappa shape index (κ3) is 5.19. The van der Waals surface area contributed by atoms with Gasteiger partial charge in [0, 0.05) is 9.13 Å². The number of nitrogens with zero attached hydrogens (tertiary/aromatic N) is 2. The van der Waals surface area contributed by atoms with Gasteiger partial charge in [0.25, 0.3) is 5.91 Å². The largest absolute Gasteiger partial charge is 0.479 e. The van der Waals surface area contributed by atoms with Crippen LogP contribution in [0.2, 0.25) is 0 Å². The lowest BCUT2D eigenvalue weighted by atomic mass is 10.2. The number of thioether (sulfide) groups is 1. The van der Waals surface area contributed by atoms with Gasteiger partial charge in [-0.05, 0) is 99.4 Å². The summed E-state index contributed by atoms with van der Waals surface area (Å²) in [6.07, 6.45) is 7.24. The van der Waals surface area contributed by atoms with Crippen LogP contribution in [0.15, 0.2) is 82.7 Å². The molecule has 1 saturated heterocycles. The van der Waals surface area contributed by atoms with E-state index in [0.717, 1.165) is 24.1 Å². The van der Waals surface area contributed by atoms with Crippen LogP contribution in [0.3, 0.4) is 0 Å². The van der Waals surface area contributed by atoms with Crippen molar-refractivity contribution in [2.24, 2.45) is 4.99 Å². The van der Waals surface area contributed by atoms with Gasteiger partial charge in [0.15, 0.2) is 5.17 Å². The van der Waals surface area contributed by atoms with Gasteiger partial charge in [-0.25, -0.2) is 4.99 Å². The lowest BCUT2D eigenvalue weighted by Gasteiger charge is -2.15. The number of carbonyl (C=O) groups is 1. The third-order valence-corrected chi connectivity index (χ3v) is 6.82. The molecule has 158 valence electrons. The number of benzene rings is 3. The molecule has 4 rings (SSSR count). The van der Waals surface area contributed by atoms with E-state index in [2.05, 4.69) is 51.1 Å². The standard InChI is InChI=1S/C25H16I2N2O2S/c1-2-13-31-23-17(14-18(26)16-21(23)27)15-22-24(30)29(20-11-7-4-8-12-20)25(32-22)28-19-9-5-3-6-10-19/h1,3-12,14-16H,13H2/b22-15-,28-25?. The van der Waals surface area contributed by atoms with Gasteiger partial charge < -0.3 is 4.74 Å². The maximum Gasteiger partial charge on any atom is 0.271 e. The maximum absolute atomic E-state index is 13.5. The van der Waals surface area contributed by atoms with Crippen molar-refractivity contribution in [2.75, 3.05) is 11.5 Å². The highest BCUT2D eigenvalue weighted by atomic mass is 127. The summed E-state index contributed by atoms with van der Waals surface area (Å²) < 4.78 is 7.77. The smallest absolute Gasteiger partial charge is 0.271 e. The number of carbonyl (C=O) groups excluding carboxylic acids is 1. The van der Waals surface area contributed by atoms with Crippen LogP contribution in [0.4, 0.5) is 11.4 Å². The molecule has 3 aromatic carbocycles. The zero-order chi connectivity index (χ0) is 22.5. The molecule has 0 saturated carbocycles. The zero-order valence-electron chi connectivity index (χ0n) is 16.7. The number of aliphatic imine (C=N–C) groups is 1. The van der Waals surface area contributed by atoms with Gasteiger partial charge in [-0.15, -0.1) is 6.42 Å². The van der Waals surface area contributed by atoms with Crippen LogP contribution >= 0.6 is 56.9 Å². The van der Waals surface area contributed by atoms with E-state index in [1.165, 1.54) is 11.8 Å². The molecule has 1 amide bonds. The predicted molar refractivity (Wildman–Crippen MR) is 149 cm³/mol. The van der Waals surface area contributed by atoms with Crippen LogP contribution in [-0.4, -0.2) is 17.7 Å². The van der Waals surface area contributed by atoms with Gasteiger partial charge in [0.05, 0.1) is 19.9 Å². The van der Waals surface area contributed by atoms with Crippen LogP contribution < -0.4 is 9.64 Å². The topological polar surface area (TPSA) is 41.9 Å². The molecule has 0 bridgehead atoms. The lowest BCUT2D eigenvalue weighted by Crippen LogP contribution is -2.28. The third-order valence-electron chi connectivity index (χ3n) is 4.43. The first-order valence-corrected chi connectivity index (χ1v) is 12.5. The summed E-state index contributed by atoms with van der Waals surface area (Å²) >= 11 is 5.82. The maximum atomic E-state index is 13.5. The second-order valence-corrected chi connectivity index (χ2v) is 10.0. The highest BCUT2D eigenvalue weighted by Gasteiger charge is 2.35. The Kier molecular flexibility index (Phi) is 7.55. The van der Waals surface area contributed by atoms with Crippen molar-refractivity contribution in [1.82, 2.24) is 0 Å². The molecule has 0 spiro atoms. The minimum Gasteiger partial charge on any atom is -0.479 e. The summed E-state index contributed by atoms with van der Waals surface area (Å²) in [4.78, 5) is 20.4. The Morgan fingerprint density at radius 1 is 1.06 bits per heavy atom. The molecule has 1 fully saturated rings. The Bertz CT molecular complexity index is 1250. The molecule has 32 heavy (non-hydrogen) atoms. The molecule has 1 heterocycles. The molecule has 7 heteroatoms. The quantitative estimate of drug-likeness (QED) is 0.173. The molecule has 0 atom stereocenters. The fourth-order valence-corrected chi connectivity index (χ4v) is 6.10. The minimum atomic E-state index is -0.132. The van der Waals surface area contributed by atoms with E-state index >= 15 is 0 Å². The fraction of sp³-hybridized carbons (Fsp3) is 0.0400. The zero-order valence-corrected chi connectivity index (χ0v) is 21.8. The number of amidine groups is 1. The van der Waals surface area contributed by atoms with E-state index in [1.54, 1.807) is 4.90 Å². The fourth-order valence-electron chi connectivity index (χ4n) is 3.06. The van der Waals surface area contributed by atoms with Gasteiger partial charge >= 0.3 is 0 Å². The molecule has 1 aliphatic rings. The minimum absolute atomic E-state index is 0.132. The van der Waals surface area contributed by atoms with E-state index in [1.807, 2.05) is 78.9 Å². The van der Waals surface area contributed by atoms with Gasteiger partial charge in [0.2, 0.25) is 0 Å². The summed E-state index contributed by atoms with van der Waals surface area (Å²) in [5.74, 6) is 3.04. The monoisotopic (exact) mass is 662 g/mol. The first-order valence-electron chi connectivity index (χ1n) is 9.55. The van der Waals surface area contributed by atoms with Gasteiger partial charge in [-0.1, -0.05) is 42.3 Å². The van der Waals surface area contributed by atoms with E-state index in [0.29, 0.717) is 15.8 Å².